The van der Waals surface area contributed by atoms with Gasteiger partial charge in [-0.15, -0.1) is 0 Å². The fourth-order valence-corrected chi connectivity index (χ4v) is 2.28. The zero-order valence-electron chi connectivity index (χ0n) is 7.84. The average Bonchev–Trinajstić information content (AvgIpc) is 2.04. The van der Waals surface area contributed by atoms with Gasteiger partial charge in [0, 0.05) is 6.04 Å². The van der Waals surface area contributed by atoms with E-state index in [9.17, 15) is 0 Å². The summed E-state index contributed by atoms with van der Waals surface area (Å²) >= 11 is 0. The van der Waals surface area contributed by atoms with Gasteiger partial charge in [0.1, 0.15) is 0 Å². The highest BCUT2D eigenvalue weighted by Gasteiger charge is 2.25. The highest BCUT2D eigenvalue weighted by molar-refractivity contribution is 4.79. The molecule has 1 rings (SSSR count). The molecule has 1 aliphatic rings. The zero-order valence-corrected chi connectivity index (χ0v) is 7.84. The Bertz CT molecular complexity index is 107. The van der Waals surface area contributed by atoms with Gasteiger partial charge in [0.25, 0.3) is 0 Å². The molecule has 2 N–H and O–H groups in total. The second-order valence-corrected chi connectivity index (χ2v) is 4.00. The first-order valence-corrected chi connectivity index (χ1v) is 5.01. The normalized spacial score (nSPS) is 35.2. The van der Waals surface area contributed by atoms with Crippen molar-refractivity contribution in [1.82, 2.24) is 0 Å². The van der Waals surface area contributed by atoms with Crippen molar-refractivity contribution in [3.05, 3.63) is 0 Å². The van der Waals surface area contributed by atoms with Crippen molar-refractivity contribution >= 4 is 0 Å². The lowest BCUT2D eigenvalue weighted by molar-refractivity contribution is 0.214. The smallest absolute Gasteiger partial charge is 0.00670 e. The summed E-state index contributed by atoms with van der Waals surface area (Å²) in [6.07, 6.45) is 6.75. The molecule has 0 aromatic carbocycles. The second-order valence-electron chi connectivity index (χ2n) is 4.00. The van der Waals surface area contributed by atoms with Crippen LogP contribution in [0.1, 0.15) is 46.0 Å². The van der Waals surface area contributed by atoms with E-state index in [4.69, 9.17) is 5.73 Å². The Hall–Kier alpha value is -0.0400. The predicted octanol–water partition coefficient (Wildman–Crippen LogP) is 2.55. The lowest BCUT2D eigenvalue weighted by Crippen LogP contribution is -2.35. The molecule has 1 fully saturated rings. The van der Waals surface area contributed by atoms with Crippen LogP contribution in [0.3, 0.4) is 0 Å². The maximum atomic E-state index is 6.04. The van der Waals surface area contributed by atoms with Crippen LogP contribution in [-0.2, 0) is 0 Å². The van der Waals surface area contributed by atoms with Crippen molar-refractivity contribution < 1.29 is 0 Å². The maximum absolute atomic E-state index is 6.04. The summed E-state index contributed by atoms with van der Waals surface area (Å²) in [5, 5.41) is 0. The number of nitrogens with two attached hydrogens (primary N) is 1. The summed E-state index contributed by atoms with van der Waals surface area (Å²) in [5.41, 5.74) is 6.04. The Morgan fingerprint density at radius 3 is 2.55 bits per heavy atom. The SMILES string of the molecule is CCC(N)C1CCCCC1C. The monoisotopic (exact) mass is 155 g/mol. The molecule has 0 bridgehead atoms. The third-order valence-electron chi connectivity index (χ3n) is 3.20. The Morgan fingerprint density at radius 2 is 2.00 bits per heavy atom. The van der Waals surface area contributed by atoms with E-state index < -0.39 is 0 Å². The molecule has 1 aliphatic carbocycles. The van der Waals surface area contributed by atoms with Crippen LogP contribution in [0.4, 0.5) is 0 Å². The lowest BCUT2D eigenvalue weighted by atomic mass is 9.76. The number of hydrogen-bond acceptors (Lipinski definition) is 1. The lowest BCUT2D eigenvalue weighted by Gasteiger charge is -2.32. The third kappa shape index (κ3) is 2.19. The Balaban J connectivity index is 2.40. The van der Waals surface area contributed by atoms with Gasteiger partial charge >= 0.3 is 0 Å². The van der Waals surface area contributed by atoms with Crippen LogP contribution in [0.15, 0.2) is 0 Å². The minimum atomic E-state index is 0.463. The fourth-order valence-electron chi connectivity index (χ4n) is 2.28. The van der Waals surface area contributed by atoms with Crippen LogP contribution in [0.25, 0.3) is 0 Å². The first kappa shape index (κ1) is 9.05. The molecule has 0 aromatic rings. The molecule has 1 saturated carbocycles. The number of rotatable bonds is 2. The van der Waals surface area contributed by atoms with Gasteiger partial charge in [-0.3, -0.25) is 0 Å². The van der Waals surface area contributed by atoms with Crippen molar-refractivity contribution in [1.29, 1.82) is 0 Å². The van der Waals surface area contributed by atoms with E-state index >= 15 is 0 Å². The standard InChI is InChI=1S/C10H21N/c1-3-10(11)9-7-5-4-6-8(9)2/h8-10H,3-7,11H2,1-2H3. The van der Waals surface area contributed by atoms with E-state index in [0.717, 1.165) is 18.3 Å². The van der Waals surface area contributed by atoms with Crippen molar-refractivity contribution in [3.8, 4) is 0 Å². The Kier molecular flexibility index (Phi) is 3.38. The Labute approximate surface area is 70.4 Å². The largest absolute Gasteiger partial charge is 0.327 e. The van der Waals surface area contributed by atoms with Crippen LogP contribution < -0.4 is 5.73 Å². The number of hydrogen-bond donors (Lipinski definition) is 1. The van der Waals surface area contributed by atoms with Crippen LogP contribution in [0, 0.1) is 11.8 Å². The average molecular weight is 155 g/mol. The van der Waals surface area contributed by atoms with Gasteiger partial charge in [-0.2, -0.15) is 0 Å². The van der Waals surface area contributed by atoms with Crippen molar-refractivity contribution in [2.24, 2.45) is 17.6 Å². The summed E-state index contributed by atoms with van der Waals surface area (Å²) in [7, 11) is 0. The summed E-state index contributed by atoms with van der Waals surface area (Å²) < 4.78 is 0. The molecule has 1 nitrogen and oxygen atoms in total. The van der Waals surface area contributed by atoms with Gasteiger partial charge in [-0.1, -0.05) is 33.1 Å². The molecule has 11 heavy (non-hydrogen) atoms. The zero-order chi connectivity index (χ0) is 8.27. The van der Waals surface area contributed by atoms with Crippen molar-refractivity contribution in [2.45, 2.75) is 52.0 Å². The molecule has 0 amide bonds. The van der Waals surface area contributed by atoms with Gasteiger partial charge in [0.05, 0.1) is 0 Å². The quantitative estimate of drug-likeness (QED) is 0.651. The molecule has 0 aromatic heterocycles. The second kappa shape index (κ2) is 4.10. The summed E-state index contributed by atoms with van der Waals surface area (Å²) in [5.74, 6) is 1.69. The van der Waals surface area contributed by atoms with Crippen LogP contribution in [0.5, 0.6) is 0 Å². The third-order valence-corrected chi connectivity index (χ3v) is 3.20. The van der Waals surface area contributed by atoms with E-state index in [1.807, 2.05) is 0 Å². The van der Waals surface area contributed by atoms with Gasteiger partial charge in [0.2, 0.25) is 0 Å². The van der Waals surface area contributed by atoms with Gasteiger partial charge in [0.15, 0.2) is 0 Å². The van der Waals surface area contributed by atoms with E-state index in [1.54, 1.807) is 0 Å². The fraction of sp³-hybridized carbons (Fsp3) is 1.00. The molecule has 0 saturated heterocycles. The molecule has 3 unspecified atom stereocenters. The van der Waals surface area contributed by atoms with E-state index in [1.165, 1.54) is 25.7 Å². The molecular formula is C10H21N. The molecule has 3 atom stereocenters. The minimum Gasteiger partial charge on any atom is -0.327 e. The van der Waals surface area contributed by atoms with Gasteiger partial charge in [-0.05, 0) is 24.7 Å². The van der Waals surface area contributed by atoms with E-state index in [-0.39, 0.29) is 0 Å². The van der Waals surface area contributed by atoms with Gasteiger partial charge < -0.3 is 5.73 Å². The molecule has 66 valence electrons. The van der Waals surface area contributed by atoms with Gasteiger partial charge in [-0.25, -0.2) is 0 Å². The molecule has 0 aliphatic heterocycles. The van der Waals surface area contributed by atoms with Crippen molar-refractivity contribution in [2.75, 3.05) is 0 Å². The first-order chi connectivity index (χ1) is 5.25. The summed E-state index contributed by atoms with van der Waals surface area (Å²) in [6, 6.07) is 0.463. The highest BCUT2D eigenvalue weighted by Crippen LogP contribution is 2.31. The van der Waals surface area contributed by atoms with E-state index in [0.29, 0.717) is 6.04 Å². The molecule has 0 heterocycles. The molecule has 0 radical (unpaired) electrons. The molecule has 0 spiro atoms. The summed E-state index contributed by atoms with van der Waals surface area (Å²) in [4.78, 5) is 0. The summed E-state index contributed by atoms with van der Waals surface area (Å²) in [6.45, 7) is 4.56. The Morgan fingerprint density at radius 1 is 1.36 bits per heavy atom. The molecule has 1 heteroatoms. The van der Waals surface area contributed by atoms with Crippen LogP contribution >= 0.6 is 0 Å². The van der Waals surface area contributed by atoms with Crippen LogP contribution in [0.2, 0.25) is 0 Å². The topological polar surface area (TPSA) is 26.0 Å². The first-order valence-electron chi connectivity index (χ1n) is 5.01. The minimum absolute atomic E-state index is 0.463. The van der Waals surface area contributed by atoms with Crippen molar-refractivity contribution in [3.63, 3.8) is 0 Å². The van der Waals surface area contributed by atoms with E-state index in [2.05, 4.69) is 13.8 Å². The molecular weight excluding hydrogens is 134 g/mol. The highest BCUT2D eigenvalue weighted by atomic mass is 14.7. The van der Waals surface area contributed by atoms with Crippen LogP contribution in [-0.4, -0.2) is 6.04 Å². The maximum Gasteiger partial charge on any atom is 0.00670 e. The predicted molar refractivity (Wildman–Crippen MR) is 49.4 cm³/mol.